The van der Waals surface area contributed by atoms with Crippen molar-refractivity contribution in [3.05, 3.63) is 23.8 Å². The molecule has 110 valence electrons. The Labute approximate surface area is 119 Å². The zero-order valence-electron chi connectivity index (χ0n) is 12.0. The van der Waals surface area contributed by atoms with E-state index in [1.165, 1.54) is 13.2 Å². The molecule has 1 aromatic rings. The lowest BCUT2D eigenvalue weighted by Crippen LogP contribution is -2.43. The number of benzene rings is 1. The molecule has 0 aliphatic carbocycles. The molecule has 0 aromatic heterocycles. The first-order valence-corrected chi connectivity index (χ1v) is 6.93. The molecule has 0 spiro atoms. The van der Waals surface area contributed by atoms with Gasteiger partial charge in [0.05, 0.1) is 18.8 Å². The number of likely N-dealkylation sites (tertiary alicyclic amines) is 1. The average Bonchev–Trinajstić information content (AvgIpc) is 2.47. The molecule has 0 bridgehead atoms. The second-order valence-corrected chi connectivity index (χ2v) is 4.85. The van der Waals surface area contributed by atoms with E-state index < -0.39 is 0 Å². The first kappa shape index (κ1) is 14.7. The molecule has 2 rings (SSSR count). The average molecular weight is 279 g/mol. The van der Waals surface area contributed by atoms with Crippen LogP contribution in [-0.4, -0.2) is 48.8 Å². The van der Waals surface area contributed by atoms with Crippen molar-refractivity contribution in [3.63, 3.8) is 0 Å². The Morgan fingerprint density at radius 3 is 2.95 bits per heavy atom. The minimum atomic E-state index is -0.158. The number of nitrogens with zero attached hydrogens (tertiary/aromatic N) is 1. The third-order valence-electron chi connectivity index (χ3n) is 3.50. The van der Waals surface area contributed by atoms with Gasteiger partial charge in [-0.3, -0.25) is 4.79 Å². The van der Waals surface area contributed by atoms with Crippen LogP contribution < -0.4 is 4.74 Å². The molecule has 1 saturated heterocycles. The van der Waals surface area contributed by atoms with Gasteiger partial charge in [0.25, 0.3) is 5.91 Å². The summed E-state index contributed by atoms with van der Waals surface area (Å²) in [4.78, 5) is 14.2. The fraction of sp³-hybridized carbons (Fsp3) is 0.533. The quantitative estimate of drug-likeness (QED) is 0.916. The summed E-state index contributed by atoms with van der Waals surface area (Å²) in [5, 5.41) is 9.93. The maximum absolute atomic E-state index is 12.4. The second kappa shape index (κ2) is 6.61. The normalized spacial score (nSPS) is 18.9. The highest BCUT2D eigenvalue weighted by atomic mass is 16.5. The fourth-order valence-corrected chi connectivity index (χ4v) is 2.48. The smallest absolute Gasteiger partial charge is 0.257 e. The standard InChI is InChI=1S/C15H21NO4/c1-3-20-12-5-4-8-16(10-12)15(18)13-7-6-11(19-2)9-14(13)17/h6-7,9,12,17H,3-5,8,10H2,1-2H3. The number of carbonyl (C=O) groups excluding carboxylic acids is 1. The van der Waals surface area contributed by atoms with Crippen LogP contribution in [0.2, 0.25) is 0 Å². The number of carbonyl (C=O) groups is 1. The van der Waals surface area contributed by atoms with Crippen LogP contribution >= 0.6 is 0 Å². The summed E-state index contributed by atoms with van der Waals surface area (Å²) < 4.78 is 10.6. The maximum Gasteiger partial charge on any atom is 0.257 e. The van der Waals surface area contributed by atoms with E-state index in [1.54, 1.807) is 17.0 Å². The van der Waals surface area contributed by atoms with Gasteiger partial charge in [-0.1, -0.05) is 0 Å². The summed E-state index contributed by atoms with van der Waals surface area (Å²) in [5.41, 5.74) is 0.308. The first-order valence-electron chi connectivity index (χ1n) is 6.93. The van der Waals surface area contributed by atoms with Crippen molar-refractivity contribution in [2.75, 3.05) is 26.8 Å². The van der Waals surface area contributed by atoms with E-state index in [9.17, 15) is 9.90 Å². The number of aromatic hydroxyl groups is 1. The molecule has 1 fully saturated rings. The summed E-state index contributed by atoms with van der Waals surface area (Å²) in [6, 6.07) is 4.73. The van der Waals surface area contributed by atoms with Crippen LogP contribution in [0.5, 0.6) is 11.5 Å². The zero-order chi connectivity index (χ0) is 14.5. The number of phenols is 1. The third-order valence-corrected chi connectivity index (χ3v) is 3.50. The van der Waals surface area contributed by atoms with Gasteiger partial charge in [-0.05, 0) is 31.9 Å². The largest absolute Gasteiger partial charge is 0.507 e. The Kier molecular flexibility index (Phi) is 4.84. The lowest BCUT2D eigenvalue weighted by atomic mass is 10.1. The first-order chi connectivity index (χ1) is 9.65. The number of piperidine rings is 1. The molecular formula is C15H21NO4. The number of methoxy groups -OCH3 is 1. The number of rotatable bonds is 4. The van der Waals surface area contributed by atoms with Crippen molar-refractivity contribution in [1.82, 2.24) is 4.90 Å². The van der Waals surface area contributed by atoms with E-state index in [0.29, 0.717) is 31.0 Å². The van der Waals surface area contributed by atoms with Gasteiger partial charge in [0.15, 0.2) is 0 Å². The number of ether oxygens (including phenoxy) is 2. The maximum atomic E-state index is 12.4. The molecule has 5 heteroatoms. The van der Waals surface area contributed by atoms with Gasteiger partial charge in [0, 0.05) is 25.8 Å². The van der Waals surface area contributed by atoms with E-state index in [4.69, 9.17) is 9.47 Å². The van der Waals surface area contributed by atoms with Crippen molar-refractivity contribution < 1.29 is 19.4 Å². The molecule has 20 heavy (non-hydrogen) atoms. The molecule has 1 atom stereocenters. The minimum Gasteiger partial charge on any atom is -0.507 e. The summed E-state index contributed by atoms with van der Waals surface area (Å²) in [6.07, 6.45) is 2.00. The fourth-order valence-electron chi connectivity index (χ4n) is 2.48. The van der Waals surface area contributed by atoms with E-state index >= 15 is 0 Å². The number of hydrogen-bond donors (Lipinski definition) is 1. The van der Waals surface area contributed by atoms with Crippen molar-refractivity contribution in [2.45, 2.75) is 25.9 Å². The lowest BCUT2D eigenvalue weighted by Gasteiger charge is -2.32. The number of hydrogen-bond acceptors (Lipinski definition) is 4. The summed E-state index contributed by atoms with van der Waals surface area (Å²) in [5.74, 6) is 0.326. The molecule has 5 nitrogen and oxygen atoms in total. The van der Waals surface area contributed by atoms with Gasteiger partial charge >= 0.3 is 0 Å². The monoisotopic (exact) mass is 279 g/mol. The Morgan fingerprint density at radius 2 is 2.30 bits per heavy atom. The predicted molar refractivity (Wildman–Crippen MR) is 75.2 cm³/mol. The molecule has 1 heterocycles. The van der Waals surface area contributed by atoms with Crippen LogP contribution in [0.25, 0.3) is 0 Å². The van der Waals surface area contributed by atoms with Crippen LogP contribution in [-0.2, 0) is 4.74 Å². The van der Waals surface area contributed by atoms with Crippen LogP contribution in [0.1, 0.15) is 30.1 Å². The van der Waals surface area contributed by atoms with Gasteiger partial charge in [-0.25, -0.2) is 0 Å². The Morgan fingerprint density at radius 1 is 1.50 bits per heavy atom. The molecule has 0 saturated carbocycles. The highest BCUT2D eigenvalue weighted by Gasteiger charge is 2.26. The number of amides is 1. The van der Waals surface area contributed by atoms with Crippen molar-refractivity contribution in [1.29, 1.82) is 0 Å². The molecule has 0 radical (unpaired) electrons. The Hall–Kier alpha value is -1.75. The molecular weight excluding hydrogens is 258 g/mol. The molecule has 1 aromatic carbocycles. The molecule has 1 amide bonds. The summed E-state index contributed by atoms with van der Waals surface area (Å²) in [6.45, 7) is 3.89. The van der Waals surface area contributed by atoms with E-state index in [0.717, 1.165) is 12.8 Å². The molecule has 1 aliphatic heterocycles. The summed E-state index contributed by atoms with van der Waals surface area (Å²) in [7, 11) is 1.52. The van der Waals surface area contributed by atoms with Crippen molar-refractivity contribution in [3.8, 4) is 11.5 Å². The highest BCUT2D eigenvalue weighted by Crippen LogP contribution is 2.26. The number of phenolic OH excluding ortho intramolecular Hbond substituents is 1. The van der Waals surface area contributed by atoms with Crippen LogP contribution in [0.15, 0.2) is 18.2 Å². The van der Waals surface area contributed by atoms with Gasteiger partial charge in [0.1, 0.15) is 11.5 Å². The molecule has 1 aliphatic rings. The van der Waals surface area contributed by atoms with E-state index in [2.05, 4.69) is 0 Å². The Bertz CT molecular complexity index is 473. The van der Waals surface area contributed by atoms with E-state index in [-0.39, 0.29) is 17.8 Å². The van der Waals surface area contributed by atoms with Crippen LogP contribution in [0, 0.1) is 0 Å². The second-order valence-electron chi connectivity index (χ2n) is 4.85. The molecule has 1 N–H and O–H groups in total. The van der Waals surface area contributed by atoms with Crippen LogP contribution in [0.3, 0.4) is 0 Å². The van der Waals surface area contributed by atoms with Gasteiger partial charge < -0.3 is 19.5 Å². The van der Waals surface area contributed by atoms with Gasteiger partial charge in [-0.2, -0.15) is 0 Å². The van der Waals surface area contributed by atoms with Gasteiger partial charge in [0.2, 0.25) is 0 Å². The van der Waals surface area contributed by atoms with E-state index in [1.807, 2.05) is 6.92 Å². The highest BCUT2D eigenvalue weighted by molar-refractivity contribution is 5.97. The van der Waals surface area contributed by atoms with Crippen molar-refractivity contribution >= 4 is 5.91 Å². The van der Waals surface area contributed by atoms with Crippen molar-refractivity contribution in [2.24, 2.45) is 0 Å². The SMILES string of the molecule is CCOC1CCCN(C(=O)c2ccc(OC)cc2O)C1. The third kappa shape index (κ3) is 3.22. The predicted octanol–water partition coefficient (Wildman–Crippen LogP) is 2.04. The zero-order valence-corrected chi connectivity index (χ0v) is 12.0. The Balaban J connectivity index is 2.10. The van der Waals surface area contributed by atoms with Gasteiger partial charge in [-0.15, -0.1) is 0 Å². The molecule has 1 unspecified atom stereocenters. The lowest BCUT2D eigenvalue weighted by molar-refractivity contribution is 0.00714. The topological polar surface area (TPSA) is 59.0 Å². The summed E-state index contributed by atoms with van der Waals surface area (Å²) >= 11 is 0. The van der Waals surface area contributed by atoms with Crippen LogP contribution in [0.4, 0.5) is 0 Å². The minimum absolute atomic E-state index is 0.0483.